The Hall–Kier alpha value is -1.49. The van der Waals surface area contributed by atoms with Crippen LogP contribution in [0.5, 0.6) is 0 Å². The first-order valence-electron chi connectivity index (χ1n) is 4.14. The highest BCUT2D eigenvalue weighted by atomic mass is 35.5. The lowest BCUT2D eigenvalue weighted by atomic mass is 10.2. The third-order valence-electron chi connectivity index (χ3n) is 1.91. The molecule has 1 aromatic heterocycles. The van der Waals surface area contributed by atoms with E-state index in [9.17, 15) is 8.78 Å². The number of nitrogens with zero attached hydrogens (tertiary/aromatic N) is 3. The van der Waals surface area contributed by atoms with E-state index in [1.807, 2.05) is 0 Å². The van der Waals surface area contributed by atoms with Crippen molar-refractivity contribution in [3.63, 3.8) is 0 Å². The molecule has 1 heterocycles. The standard InChI is InChI=1S/C9H6ClF2N3/c10-9-14-13-5-15(9)4-6-1-2-7(11)8(12)3-6/h1-3,5H,4H2. The van der Waals surface area contributed by atoms with Gasteiger partial charge in [-0.05, 0) is 29.3 Å². The van der Waals surface area contributed by atoms with Crippen molar-refractivity contribution < 1.29 is 8.78 Å². The minimum Gasteiger partial charge on any atom is -0.300 e. The molecule has 0 amide bonds. The highest BCUT2D eigenvalue weighted by Crippen LogP contribution is 2.12. The number of rotatable bonds is 2. The first-order chi connectivity index (χ1) is 7.16. The van der Waals surface area contributed by atoms with Crippen molar-refractivity contribution in [2.24, 2.45) is 0 Å². The molecule has 0 unspecified atom stereocenters. The van der Waals surface area contributed by atoms with Crippen LogP contribution in [0.4, 0.5) is 8.78 Å². The molecule has 0 atom stereocenters. The minimum absolute atomic E-state index is 0.208. The van der Waals surface area contributed by atoms with Gasteiger partial charge < -0.3 is 0 Å². The molecule has 6 heteroatoms. The molecular formula is C9H6ClF2N3. The first kappa shape index (κ1) is 10.0. The number of halogens is 3. The van der Waals surface area contributed by atoms with Gasteiger partial charge in [-0.25, -0.2) is 8.78 Å². The molecule has 78 valence electrons. The summed E-state index contributed by atoms with van der Waals surface area (Å²) >= 11 is 5.68. The number of benzene rings is 1. The lowest BCUT2D eigenvalue weighted by Crippen LogP contribution is -1.99. The van der Waals surface area contributed by atoms with E-state index < -0.39 is 11.6 Å². The van der Waals surface area contributed by atoms with Gasteiger partial charge in [-0.15, -0.1) is 10.2 Å². The topological polar surface area (TPSA) is 30.7 Å². The summed E-state index contributed by atoms with van der Waals surface area (Å²) in [5.41, 5.74) is 0.593. The second-order valence-corrected chi connectivity index (χ2v) is 3.31. The van der Waals surface area contributed by atoms with Crippen molar-refractivity contribution >= 4 is 11.6 Å². The SMILES string of the molecule is Fc1ccc(Cn2cnnc2Cl)cc1F. The Morgan fingerprint density at radius 2 is 2.07 bits per heavy atom. The Labute approximate surface area is 89.3 Å². The summed E-state index contributed by atoms with van der Waals surface area (Å²) in [5, 5.41) is 7.34. The van der Waals surface area contributed by atoms with Crippen LogP contribution < -0.4 is 0 Å². The number of hydrogen-bond acceptors (Lipinski definition) is 2. The predicted octanol–water partition coefficient (Wildman–Crippen LogP) is 2.26. The third kappa shape index (κ3) is 2.12. The summed E-state index contributed by atoms with van der Waals surface area (Å²) in [7, 11) is 0. The molecule has 0 spiro atoms. The maximum Gasteiger partial charge on any atom is 0.225 e. The Kier molecular flexibility index (Phi) is 2.64. The van der Waals surface area contributed by atoms with Crippen molar-refractivity contribution in [3.8, 4) is 0 Å². The quantitative estimate of drug-likeness (QED) is 0.791. The molecule has 0 fully saturated rings. The van der Waals surface area contributed by atoms with Gasteiger partial charge in [0.15, 0.2) is 11.6 Å². The van der Waals surface area contributed by atoms with E-state index in [0.717, 1.165) is 12.1 Å². The summed E-state index contributed by atoms with van der Waals surface area (Å²) in [4.78, 5) is 0. The molecular weight excluding hydrogens is 224 g/mol. The van der Waals surface area contributed by atoms with E-state index in [4.69, 9.17) is 11.6 Å². The first-order valence-corrected chi connectivity index (χ1v) is 4.52. The van der Waals surface area contributed by atoms with Crippen molar-refractivity contribution in [2.45, 2.75) is 6.54 Å². The largest absolute Gasteiger partial charge is 0.300 e. The molecule has 15 heavy (non-hydrogen) atoms. The van der Waals surface area contributed by atoms with E-state index in [0.29, 0.717) is 12.1 Å². The molecule has 3 nitrogen and oxygen atoms in total. The van der Waals surface area contributed by atoms with E-state index in [2.05, 4.69) is 10.2 Å². The molecule has 2 rings (SSSR count). The molecule has 0 saturated heterocycles. The summed E-state index contributed by atoms with van der Waals surface area (Å²) in [6, 6.07) is 3.67. The molecule has 0 radical (unpaired) electrons. The van der Waals surface area contributed by atoms with Crippen LogP contribution >= 0.6 is 11.6 Å². The average Bonchev–Trinajstić information content (AvgIpc) is 2.59. The highest BCUT2D eigenvalue weighted by Gasteiger charge is 2.05. The zero-order valence-corrected chi connectivity index (χ0v) is 8.25. The van der Waals surface area contributed by atoms with Crippen molar-refractivity contribution in [1.29, 1.82) is 0 Å². The molecule has 0 bridgehead atoms. The summed E-state index contributed by atoms with van der Waals surface area (Å²) in [6.45, 7) is 0.309. The Morgan fingerprint density at radius 3 is 2.67 bits per heavy atom. The zero-order chi connectivity index (χ0) is 10.8. The number of hydrogen-bond donors (Lipinski definition) is 0. The van der Waals surface area contributed by atoms with Crippen LogP contribution in [0, 0.1) is 11.6 Å². The van der Waals surface area contributed by atoms with Crippen LogP contribution in [0.1, 0.15) is 5.56 Å². The van der Waals surface area contributed by atoms with E-state index in [-0.39, 0.29) is 5.28 Å². The van der Waals surface area contributed by atoms with Crippen molar-refractivity contribution in [1.82, 2.24) is 14.8 Å². The minimum atomic E-state index is -0.878. The summed E-state index contributed by atoms with van der Waals surface area (Å²) < 4.78 is 27.0. The van der Waals surface area contributed by atoms with Crippen LogP contribution in [0.25, 0.3) is 0 Å². The monoisotopic (exact) mass is 229 g/mol. The van der Waals surface area contributed by atoms with E-state index in [1.54, 1.807) is 0 Å². The molecule has 0 aliphatic rings. The van der Waals surface area contributed by atoms with Gasteiger partial charge in [0, 0.05) is 0 Å². The van der Waals surface area contributed by atoms with E-state index in [1.165, 1.54) is 17.0 Å². The van der Waals surface area contributed by atoms with Gasteiger partial charge >= 0.3 is 0 Å². The third-order valence-corrected chi connectivity index (χ3v) is 2.20. The smallest absolute Gasteiger partial charge is 0.225 e. The second-order valence-electron chi connectivity index (χ2n) is 2.98. The van der Waals surface area contributed by atoms with Gasteiger partial charge in [0.1, 0.15) is 6.33 Å². The van der Waals surface area contributed by atoms with Gasteiger partial charge in [0.25, 0.3) is 0 Å². The fourth-order valence-electron chi connectivity index (χ4n) is 1.18. The zero-order valence-electron chi connectivity index (χ0n) is 7.49. The molecule has 0 aliphatic heterocycles. The van der Waals surface area contributed by atoms with Gasteiger partial charge in [-0.2, -0.15) is 0 Å². The van der Waals surface area contributed by atoms with Crippen molar-refractivity contribution in [3.05, 3.63) is 47.0 Å². The maximum absolute atomic E-state index is 12.9. The molecule has 1 aromatic carbocycles. The normalized spacial score (nSPS) is 10.6. The van der Waals surface area contributed by atoms with Crippen LogP contribution in [0.2, 0.25) is 5.28 Å². The second kappa shape index (κ2) is 3.94. The van der Waals surface area contributed by atoms with Gasteiger partial charge in [-0.1, -0.05) is 6.07 Å². The fraction of sp³-hybridized carbons (Fsp3) is 0.111. The van der Waals surface area contributed by atoms with E-state index >= 15 is 0 Å². The fourth-order valence-corrected chi connectivity index (χ4v) is 1.33. The predicted molar refractivity (Wildman–Crippen MR) is 50.5 cm³/mol. The van der Waals surface area contributed by atoms with Crippen LogP contribution in [0.15, 0.2) is 24.5 Å². The average molecular weight is 230 g/mol. The molecule has 2 aromatic rings. The lowest BCUT2D eigenvalue weighted by Gasteiger charge is -2.03. The van der Waals surface area contributed by atoms with Crippen LogP contribution in [-0.4, -0.2) is 14.8 Å². The van der Waals surface area contributed by atoms with Crippen molar-refractivity contribution in [2.75, 3.05) is 0 Å². The maximum atomic E-state index is 12.9. The van der Waals surface area contributed by atoms with Gasteiger partial charge in [0.2, 0.25) is 5.28 Å². The summed E-state index contributed by atoms with van der Waals surface area (Å²) in [6.07, 6.45) is 1.42. The van der Waals surface area contributed by atoms with Crippen LogP contribution in [0.3, 0.4) is 0 Å². The number of aromatic nitrogens is 3. The molecule has 0 saturated carbocycles. The Bertz CT molecular complexity index is 484. The highest BCUT2D eigenvalue weighted by molar-refractivity contribution is 6.28. The van der Waals surface area contributed by atoms with Gasteiger partial charge in [-0.3, -0.25) is 4.57 Å². The van der Waals surface area contributed by atoms with Gasteiger partial charge in [0.05, 0.1) is 6.54 Å². The molecule has 0 N–H and O–H groups in total. The lowest BCUT2D eigenvalue weighted by molar-refractivity contribution is 0.506. The molecule has 0 aliphatic carbocycles. The Morgan fingerprint density at radius 1 is 1.27 bits per heavy atom. The van der Waals surface area contributed by atoms with Crippen LogP contribution in [-0.2, 0) is 6.54 Å². The summed E-state index contributed by atoms with van der Waals surface area (Å²) in [5.74, 6) is -1.75. The Balaban J connectivity index is 2.25.